The monoisotopic (exact) mass is 327 g/mol. The molecule has 1 aromatic heterocycles. The molecule has 0 bridgehead atoms. The van der Waals surface area contributed by atoms with E-state index in [0.717, 1.165) is 49.2 Å². The van der Waals surface area contributed by atoms with Crippen molar-refractivity contribution >= 4 is 17.5 Å². The summed E-state index contributed by atoms with van der Waals surface area (Å²) in [5, 5.41) is 3.25. The second kappa shape index (κ2) is 6.52. The molecule has 1 fully saturated rings. The second-order valence-electron chi connectivity index (χ2n) is 6.01. The van der Waals surface area contributed by atoms with Crippen LogP contribution in [-0.2, 0) is 0 Å². The molecule has 0 atom stereocenters. The number of hydrogen-bond acceptors (Lipinski definition) is 7. The first kappa shape index (κ1) is 15.0. The highest BCUT2D eigenvalue weighted by Crippen LogP contribution is 2.33. The van der Waals surface area contributed by atoms with Crippen LogP contribution < -0.4 is 19.7 Å². The minimum atomic E-state index is 0.575. The average Bonchev–Trinajstić information content (AvgIpc) is 2.62. The molecule has 0 spiro atoms. The highest BCUT2D eigenvalue weighted by Gasteiger charge is 2.16. The fraction of sp³-hybridized carbons (Fsp3) is 0.412. The van der Waals surface area contributed by atoms with Gasteiger partial charge in [-0.2, -0.15) is 4.98 Å². The standard InChI is InChI=1S/C17H21N5O2/c1-21-6-8-22(9-7-21)16-4-5-18-17(20-16)19-13-2-3-14-15(12-13)24-11-10-23-14/h2-5,12H,6-11H2,1H3,(H,18,19,20). The zero-order chi connectivity index (χ0) is 16.4. The molecule has 0 unspecified atom stereocenters. The Morgan fingerprint density at radius 1 is 1.00 bits per heavy atom. The molecular weight excluding hydrogens is 306 g/mol. The number of anilines is 3. The van der Waals surface area contributed by atoms with Gasteiger partial charge in [0.25, 0.3) is 0 Å². The van der Waals surface area contributed by atoms with Gasteiger partial charge in [0.1, 0.15) is 19.0 Å². The van der Waals surface area contributed by atoms with Gasteiger partial charge in [0.2, 0.25) is 5.95 Å². The third-order valence-electron chi connectivity index (χ3n) is 4.27. The highest BCUT2D eigenvalue weighted by atomic mass is 16.6. The molecule has 3 heterocycles. The van der Waals surface area contributed by atoms with E-state index in [2.05, 4.69) is 32.1 Å². The molecule has 7 nitrogen and oxygen atoms in total. The minimum Gasteiger partial charge on any atom is -0.486 e. The number of nitrogens with one attached hydrogen (secondary N) is 1. The summed E-state index contributed by atoms with van der Waals surface area (Å²) in [4.78, 5) is 13.6. The molecule has 2 aromatic rings. The number of nitrogens with zero attached hydrogens (tertiary/aromatic N) is 4. The molecule has 126 valence electrons. The molecule has 2 aliphatic rings. The van der Waals surface area contributed by atoms with Gasteiger partial charge in [0.15, 0.2) is 11.5 Å². The van der Waals surface area contributed by atoms with Crippen molar-refractivity contribution in [2.75, 3.05) is 56.7 Å². The molecule has 1 N–H and O–H groups in total. The third kappa shape index (κ3) is 3.21. The Kier molecular flexibility index (Phi) is 4.08. The SMILES string of the molecule is CN1CCN(c2ccnc(Nc3ccc4c(c3)OCCO4)n2)CC1. The molecule has 0 aliphatic carbocycles. The van der Waals surface area contributed by atoms with Gasteiger partial charge in [-0.1, -0.05) is 0 Å². The van der Waals surface area contributed by atoms with Crippen LogP contribution in [0.3, 0.4) is 0 Å². The Hall–Kier alpha value is -2.54. The Balaban J connectivity index is 1.49. The topological polar surface area (TPSA) is 62.8 Å². The summed E-state index contributed by atoms with van der Waals surface area (Å²) in [5.41, 5.74) is 0.884. The maximum atomic E-state index is 5.61. The molecular formula is C17H21N5O2. The number of aromatic nitrogens is 2. The van der Waals surface area contributed by atoms with Crippen molar-refractivity contribution in [1.29, 1.82) is 0 Å². The van der Waals surface area contributed by atoms with Gasteiger partial charge in [0, 0.05) is 44.1 Å². The number of piperazine rings is 1. The number of hydrogen-bond donors (Lipinski definition) is 1. The van der Waals surface area contributed by atoms with Crippen molar-refractivity contribution in [2.24, 2.45) is 0 Å². The predicted octanol–water partition coefficient (Wildman–Crippen LogP) is 1.74. The van der Waals surface area contributed by atoms with Crippen molar-refractivity contribution in [3.63, 3.8) is 0 Å². The first-order valence-corrected chi connectivity index (χ1v) is 8.21. The average molecular weight is 327 g/mol. The molecule has 1 saturated heterocycles. The van der Waals surface area contributed by atoms with E-state index >= 15 is 0 Å². The highest BCUT2D eigenvalue weighted by molar-refractivity contribution is 5.60. The number of fused-ring (bicyclic) bond motifs is 1. The van der Waals surface area contributed by atoms with Gasteiger partial charge in [-0.05, 0) is 25.2 Å². The van der Waals surface area contributed by atoms with Crippen LogP contribution in [-0.4, -0.2) is 61.3 Å². The van der Waals surface area contributed by atoms with E-state index in [1.54, 1.807) is 6.20 Å². The number of ether oxygens (including phenoxy) is 2. The first-order valence-electron chi connectivity index (χ1n) is 8.21. The van der Waals surface area contributed by atoms with Crippen LogP contribution in [0.2, 0.25) is 0 Å². The molecule has 1 aromatic carbocycles. The molecule has 4 rings (SSSR count). The van der Waals surface area contributed by atoms with Gasteiger partial charge < -0.3 is 24.6 Å². The first-order chi connectivity index (χ1) is 11.8. The normalized spacial score (nSPS) is 17.6. The minimum absolute atomic E-state index is 0.575. The van der Waals surface area contributed by atoms with Crippen LogP contribution in [0, 0.1) is 0 Å². The molecule has 0 radical (unpaired) electrons. The maximum absolute atomic E-state index is 5.61. The lowest BCUT2D eigenvalue weighted by Gasteiger charge is -2.33. The summed E-state index contributed by atoms with van der Waals surface area (Å²) < 4.78 is 11.2. The van der Waals surface area contributed by atoms with Crippen LogP contribution in [0.1, 0.15) is 0 Å². The Morgan fingerprint density at radius 3 is 2.62 bits per heavy atom. The van der Waals surface area contributed by atoms with Crippen molar-refractivity contribution in [2.45, 2.75) is 0 Å². The van der Waals surface area contributed by atoms with Gasteiger partial charge in [0.05, 0.1) is 0 Å². The fourth-order valence-corrected chi connectivity index (χ4v) is 2.87. The maximum Gasteiger partial charge on any atom is 0.229 e. The fourth-order valence-electron chi connectivity index (χ4n) is 2.87. The number of likely N-dealkylation sites (N-methyl/N-ethyl adjacent to an activating group) is 1. The van der Waals surface area contributed by atoms with Crippen LogP contribution in [0.5, 0.6) is 11.5 Å². The van der Waals surface area contributed by atoms with Crippen molar-refractivity contribution in [3.05, 3.63) is 30.5 Å². The number of benzene rings is 1. The summed E-state index contributed by atoms with van der Waals surface area (Å²) in [6.07, 6.45) is 1.79. The van der Waals surface area contributed by atoms with E-state index in [-0.39, 0.29) is 0 Å². The van der Waals surface area contributed by atoms with Gasteiger partial charge >= 0.3 is 0 Å². The number of rotatable bonds is 3. The summed E-state index contributed by atoms with van der Waals surface area (Å²) in [5.74, 6) is 3.07. The molecule has 24 heavy (non-hydrogen) atoms. The lowest BCUT2D eigenvalue weighted by atomic mass is 10.2. The lowest BCUT2D eigenvalue weighted by molar-refractivity contribution is 0.171. The molecule has 0 amide bonds. The van der Waals surface area contributed by atoms with Gasteiger partial charge in [-0.25, -0.2) is 4.98 Å². The summed E-state index contributed by atoms with van der Waals surface area (Å²) in [6.45, 7) is 5.24. The Bertz CT molecular complexity index is 716. The summed E-state index contributed by atoms with van der Waals surface area (Å²) in [6, 6.07) is 7.72. The predicted molar refractivity (Wildman–Crippen MR) is 92.5 cm³/mol. The second-order valence-corrected chi connectivity index (χ2v) is 6.01. The van der Waals surface area contributed by atoms with E-state index in [9.17, 15) is 0 Å². The van der Waals surface area contributed by atoms with Crippen molar-refractivity contribution < 1.29 is 9.47 Å². The third-order valence-corrected chi connectivity index (χ3v) is 4.27. The smallest absolute Gasteiger partial charge is 0.229 e. The van der Waals surface area contributed by atoms with Gasteiger partial charge in [-0.3, -0.25) is 0 Å². The van der Waals surface area contributed by atoms with E-state index in [0.29, 0.717) is 19.2 Å². The Morgan fingerprint density at radius 2 is 1.79 bits per heavy atom. The van der Waals surface area contributed by atoms with Crippen LogP contribution >= 0.6 is 0 Å². The van der Waals surface area contributed by atoms with Crippen LogP contribution in [0.25, 0.3) is 0 Å². The molecule has 2 aliphatic heterocycles. The van der Waals surface area contributed by atoms with E-state index in [1.165, 1.54) is 0 Å². The van der Waals surface area contributed by atoms with E-state index in [1.807, 2.05) is 24.3 Å². The largest absolute Gasteiger partial charge is 0.486 e. The van der Waals surface area contributed by atoms with E-state index in [4.69, 9.17) is 9.47 Å². The van der Waals surface area contributed by atoms with Crippen molar-refractivity contribution in [1.82, 2.24) is 14.9 Å². The van der Waals surface area contributed by atoms with Gasteiger partial charge in [-0.15, -0.1) is 0 Å². The lowest BCUT2D eigenvalue weighted by Crippen LogP contribution is -2.44. The summed E-state index contributed by atoms with van der Waals surface area (Å²) >= 11 is 0. The van der Waals surface area contributed by atoms with Crippen LogP contribution in [0.15, 0.2) is 30.5 Å². The molecule has 0 saturated carbocycles. The summed E-state index contributed by atoms with van der Waals surface area (Å²) in [7, 11) is 2.15. The Labute approximate surface area is 141 Å². The quantitative estimate of drug-likeness (QED) is 0.921. The van der Waals surface area contributed by atoms with Crippen LogP contribution in [0.4, 0.5) is 17.5 Å². The van der Waals surface area contributed by atoms with E-state index < -0.39 is 0 Å². The van der Waals surface area contributed by atoms with Crippen molar-refractivity contribution in [3.8, 4) is 11.5 Å². The zero-order valence-electron chi connectivity index (χ0n) is 13.7. The zero-order valence-corrected chi connectivity index (χ0v) is 13.7. The molecule has 7 heteroatoms.